The maximum Gasteiger partial charge on any atom is 0.126 e. The van der Waals surface area contributed by atoms with Gasteiger partial charge in [-0.05, 0) is 36.8 Å². The van der Waals surface area contributed by atoms with Crippen molar-refractivity contribution >= 4 is 15.9 Å². The van der Waals surface area contributed by atoms with Crippen LogP contribution in [0.2, 0.25) is 0 Å². The third kappa shape index (κ3) is 4.38. The molecule has 1 aliphatic rings. The highest BCUT2D eigenvalue weighted by Crippen LogP contribution is 2.29. The van der Waals surface area contributed by atoms with E-state index in [4.69, 9.17) is 0 Å². The van der Waals surface area contributed by atoms with E-state index < -0.39 is 0 Å². The number of halogens is 2. The largest absolute Gasteiger partial charge is 0.207 e. The zero-order valence-corrected chi connectivity index (χ0v) is 12.5. The lowest BCUT2D eigenvalue weighted by molar-refractivity contribution is 0.331. The minimum atomic E-state index is -0.0698. The van der Waals surface area contributed by atoms with Crippen LogP contribution in [-0.4, -0.2) is 4.83 Å². The Morgan fingerprint density at radius 2 is 1.89 bits per heavy atom. The van der Waals surface area contributed by atoms with Crippen LogP contribution in [0.15, 0.2) is 24.3 Å². The van der Waals surface area contributed by atoms with Crippen LogP contribution in [0.25, 0.3) is 0 Å². The van der Waals surface area contributed by atoms with E-state index in [0.717, 1.165) is 17.9 Å². The highest BCUT2D eigenvalue weighted by atomic mass is 79.9. The van der Waals surface area contributed by atoms with Crippen LogP contribution >= 0.6 is 15.9 Å². The van der Waals surface area contributed by atoms with E-state index in [1.807, 2.05) is 12.1 Å². The summed E-state index contributed by atoms with van der Waals surface area (Å²) in [7, 11) is 0. The fraction of sp³-hybridized carbons (Fsp3) is 0.625. The van der Waals surface area contributed by atoms with E-state index in [2.05, 4.69) is 15.9 Å². The van der Waals surface area contributed by atoms with Crippen LogP contribution in [0.3, 0.4) is 0 Å². The molecular weight excluding hydrogens is 291 g/mol. The highest BCUT2D eigenvalue weighted by Gasteiger charge is 2.16. The lowest BCUT2D eigenvalue weighted by Crippen LogP contribution is -2.11. The van der Waals surface area contributed by atoms with Gasteiger partial charge in [0.05, 0.1) is 0 Å². The smallest absolute Gasteiger partial charge is 0.126 e. The van der Waals surface area contributed by atoms with Crippen molar-refractivity contribution in [3.8, 4) is 0 Å². The highest BCUT2D eigenvalue weighted by molar-refractivity contribution is 9.09. The summed E-state index contributed by atoms with van der Waals surface area (Å²) >= 11 is 3.71. The van der Waals surface area contributed by atoms with Crippen molar-refractivity contribution in [1.29, 1.82) is 0 Å². The Bertz CT molecular complexity index is 358. The predicted octanol–water partition coefficient (Wildman–Crippen LogP) is 5.49. The van der Waals surface area contributed by atoms with Gasteiger partial charge >= 0.3 is 0 Å². The van der Waals surface area contributed by atoms with Crippen molar-refractivity contribution in [3.63, 3.8) is 0 Å². The molecule has 1 aromatic carbocycles. The molecule has 100 valence electrons. The predicted molar refractivity (Wildman–Crippen MR) is 78.6 cm³/mol. The topological polar surface area (TPSA) is 0 Å². The van der Waals surface area contributed by atoms with Gasteiger partial charge in [-0.3, -0.25) is 0 Å². The molecule has 0 spiro atoms. The van der Waals surface area contributed by atoms with Gasteiger partial charge in [0.1, 0.15) is 5.82 Å². The maximum absolute atomic E-state index is 13.5. The van der Waals surface area contributed by atoms with Gasteiger partial charge in [0.25, 0.3) is 0 Å². The van der Waals surface area contributed by atoms with Gasteiger partial charge in [-0.15, -0.1) is 0 Å². The number of hydrogen-bond acceptors (Lipinski definition) is 0. The second kappa shape index (κ2) is 7.28. The van der Waals surface area contributed by atoms with E-state index in [9.17, 15) is 4.39 Å². The number of rotatable bonds is 5. The van der Waals surface area contributed by atoms with Gasteiger partial charge in [-0.2, -0.15) is 0 Å². The Morgan fingerprint density at radius 3 is 2.61 bits per heavy atom. The normalized spacial score (nSPS) is 18.8. The van der Waals surface area contributed by atoms with Gasteiger partial charge in [0, 0.05) is 4.83 Å². The minimum Gasteiger partial charge on any atom is -0.207 e. The molecular formula is C16H22BrF. The van der Waals surface area contributed by atoms with Crippen molar-refractivity contribution < 1.29 is 4.39 Å². The third-order valence-corrected chi connectivity index (χ3v) is 4.79. The first-order chi connectivity index (χ1) is 8.75. The molecule has 0 nitrogen and oxygen atoms in total. The standard InChI is InChI=1S/C16H22BrF/c17-15(11-10-13-6-2-1-3-7-13)12-14-8-4-5-9-16(14)18/h4-5,8-9,13,15H,1-3,6-7,10-12H2. The Kier molecular flexibility index (Phi) is 5.68. The summed E-state index contributed by atoms with van der Waals surface area (Å²) in [4.78, 5) is 0.413. The molecule has 1 unspecified atom stereocenters. The molecule has 1 saturated carbocycles. The van der Waals surface area contributed by atoms with E-state index in [-0.39, 0.29) is 5.82 Å². The number of benzene rings is 1. The van der Waals surface area contributed by atoms with E-state index in [1.54, 1.807) is 12.1 Å². The lowest BCUT2D eigenvalue weighted by atomic mass is 9.85. The molecule has 0 bridgehead atoms. The third-order valence-electron chi connectivity index (χ3n) is 4.01. The molecule has 0 heterocycles. The van der Waals surface area contributed by atoms with Crippen molar-refractivity contribution in [1.82, 2.24) is 0 Å². The molecule has 0 amide bonds. The first kappa shape index (κ1) is 14.0. The molecule has 0 saturated heterocycles. The Labute approximate surface area is 118 Å². The Hall–Kier alpha value is -0.370. The molecule has 1 fully saturated rings. The van der Waals surface area contributed by atoms with Crippen LogP contribution in [0.4, 0.5) is 4.39 Å². The zero-order valence-electron chi connectivity index (χ0n) is 10.9. The molecule has 0 aliphatic heterocycles. The monoisotopic (exact) mass is 312 g/mol. The second-order valence-electron chi connectivity index (χ2n) is 5.47. The Morgan fingerprint density at radius 1 is 1.17 bits per heavy atom. The quantitative estimate of drug-likeness (QED) is 0.630. The van der Waals surface area contributed by atoms with Crippen LogP contribution in [0.5, 0.6) is 0 Å². The summed E-state index contributed by atoms with van der Waals surface area (Å²) in [5, 5.41) is 0. The second-order valence-corrected chi connectivity index (χ2v) is 6.77. The van der Waals surface area contributed by atoms with Gasteiger partial charge < -0.3 is 0 Å². The summed E-state index contributed by atoms with van der Waals surface area (Å²) in [5.41, 5.74) is 0.836. The van der Waals surface area contributed by atoms with Crippen LogP contribution in [0, 0.1) is 11.7 Å². The van der Waals surface area contributed by atoms with Crippen molar-refractivity contribution in [3.05, 3.63) is 35.6 Å². The average Bonchev–Trinajstić information content (AvgIpc) is 2.40. The molecule has 18 heavy (non-hydrogen) atoms. The molecule has 2 rings (SSSR count). The maximum atomic E-state index is 13.5. The SMILES string of the molecule is Fc1ccccc1CC(Br)CCC1CCCCC1. The van der Waals surface area contributed by atoms with Crippen LogP contribution < -0.4 is 0 Å². The minimum absolute atomic E-state index is 0.0698. The lowest BCUT2D eigenvalue weighted by Gasteiger charge is -2.22. The van der Waals surface area contributed by atoms with E-state index in [0.29, 0.717) is 4.83 Å². The van der Waals surface area contributed by atoms with Gasteiger partial charge in [-0.25, -0.2) is 4.39 Å². The first-order valence-electron chi connectivity index (χ1n) is 7.13. The van der Waals surface area contributed by atoms with Gasteiger partial charge in [0.15, 0.2) is 0 Å². The van der Waals surface area contributed by atoms with Crippen LogP contribution in [0.1, 0.15) is 50.5 Å². The molecule has 0 radical (unpaired) electrons. The number of hydrogen-bond donors (Lipinski definition) is 0. The van der Waals surface area contributed by atoms with Gasteiger partial charge in [-0.1, -0.05) is 66.2 Å². The van der Waals surface area contributed by atoms with Crippen molar-refractivity contribution in [2.24, 2.45) is 5.92 Å². The molecule has 1 atom stereocenters. The summed E-state index contributed by atoms with van der Waals surface area (Å²) in [5.74, 6) is 0.846. The Balaban J connectivity index is 1.74. The van der Waals surface area contributed by atoms with E-state index in [1.165, 1.54) is 44.9 Å². The zero-order chi connectivity index (χ0) is 12.8. The summed E-state index contributed by atoms with van der Waals surface area (Å²) in [6.45, 7) is 0. The summed E-state index contributed by atoms with van der Waals surface area (Å²) < 4.78 is 13.5. The summed E-state index contributed by atoms with van der Waals surface area (Å²) in [6, 6.07) is 7.11. The average molecular weight is 313 g/mol. The first-order valence-corrected chi connectivity index (χ1v) is 8.05. The molecule has 0 aromatic heterocycles. The van der Waals surface area contributed by atoms with Crippen molar-refractivity contribution in [2.75, 3.05) is 0 Å². The fourth-order valence-electron chi connectivity index (χ4n) is 2.90. The molecule has 0 N–H and O–H groups in total. The fourth-order valence-corrected chi connectivity index (χ4v) is 3.51. The van der Waals surface area contributed by atoms with E-state index >= 15 is 0 Å². The number of alkyl halides is 1. The molecule has 2 heteroatoms. The van der Waals surface area contributed by atoms with Crippen molar-refractivity contribution in [2.45, 2.75) is 56.2 Å². The summed E-state index contributed by atoms with van der Waals surface area (Å²) in [6.07, 6.45) is 10.3. The van der Waals surface area contributed by atoms with Crippen LogP contribution in [-0.2, 0) is 6.42 Å². The molecule has 1 aromatic rings. The van der Waals surface area contributed by atoms with Gasteiger partial charge in [0.2, 0.25) is 0 Å². The molecule has 1 aliphatic carbocycles.